The number of nitrogens with zero attached hydrogens (tertiary/aromatic N) is 1. The quantitative estimate of drug-likeness (QED) is 0.380. The molecule has 0 aliphatic carbocycles. The molecule has 0 aliphatic heterocycles. The predicted octanol–water partition coefficient (Wildman–Crippen LogP) is -7.29. The molecule has 0 saturated heterocycles. The molecule has 0 spiro atoms. The molecule has 0 radical (unpaired) electrons. The van der Waals surface area contributed by atoms with Crippen LogP contribution in [0.25, 0.3) is 0 Å². The van der Waals surface area contributed by atoms with Gasteiger partial charge in [-0.15, -0.1) is 0 Å². The third kappa shape index (κ3) is 15.6. The molecule has 0 rings (SSSR count). The summed E-state index contributed by atoms with van der Waals surface area (Å²) in [7, 11) is -9.11. The Balaban J connectivity index is -0.000000845. The summed E-state index contributed by atoms with van der Waals surface area (Å²) in [5.74, 6) is 0. The van der Waals surface area contributed by atoms with Crippen molar-refractivity contribution >= 4 is 15.2 Å². The van der Waals surface area contributed by atoms with Crippen LogP contribution in [0.4, 0.5) is 0 Å². The molecule has 0 aliphatic rings. The fourth-order valence-electron chi connectivity index (χ4n) is 0.830. The topological polar surface area (TPSA) is 124 Å². The van der Waals surface area contributed by atoms with Crippen molar-refractivity contribution in [2.75, 3.05) is 12.6 Å². The maximum atomic E-state index is 10.6. The third-order valence-corrected chi connectivity index (χ3v) is 2.89. The smallest absolute Gasteiger partial charge is 0.810 e. The Bertz CT molecular complexity index is 252. The zero-order valence-corrected chi connectivity index (χ0v) is 17.9. The molecule has 0 aromatic heterocycles. The van der Waals surface area contributed by atoms with Crippen LogP contribution in [-0.2, 0) is 9.13 Å². The van der Waals surface area contributed by atoms with E-state index < -0.39 is 33.8 Å². The van der Waals surface area contributed by atoms with E-state index in [1.165, 1.54) is 0 Å². The summed E-state index contributed by atoms with van der Waals surface area (Å²) in [4.78, 5) is 39.0. The second-order valence-corrected chi connectivity index (χ2v) is 6.36. The summed E-state index contributed by atoms with van der Waals surface area (Å²) >= 11 is 0. The van der Waals surface area contributed by atoms with Crippen LogP contribution in [0, 0.1) is 0 Å². The van der Waals surface area contributed by atoms with E-state index in [2.05, 4.69) is 0 Å². The van der Waals surface area contributed by atoms with Gasteiger partial charge in [0, 0.05) is 12.3 Å². The molecule has 86 valence electrons. The summed E-state index contributed by atoms with van der Waals surface area (Å²) in [5.41, 5.74) is 0. The fourth-order valence-corrected chi connectivity index (χ4v) is 2.76. The molecule has 0 amide bonds. The molecule has 0 atom stereocenters. The molecule has 0 unspecified atom stereocenters. The molecule has 0 bridgehead atoms. The second-order valence-electron chi connectivity index (χ2n) is 3.24. The minimum absolute atomic E-state index is 0. The van der Waals surface area contributed by atoms with Crippen molar-refractivity contribution in [2.24, 2.45) is 0 Å². The van der Waals surface area contributed by atoms with Gasteiger partial charge < -0.3 is 24.1 Å². The average Bonchev–Trinajstić information content (AvgIpc) is 1.78. The van der Waals surface area contributed by atoms with Gasteiger partial charge in [0.2, 0.25) is 0 Å². The zero-order chi connectivity index (χ0) is 11.6. The van der Waals surface area contributed by atoms with Crippen LogP contribution in [0.3, 0.4) is 0 Å². The van der Waals surface area contributed by atoms with Gasteiger partial charge in [0.1, 0.15) is 6.29 Å². The Hall–Kier alpha value is 3.53. The molecular formula is C5H13K2NO6P2. The first-order chi connectivity index (χ1) is 6.01. The number of rotatable bonds is 5. The maximum Gasteiger partial charge on any atom is 1.00 e. The SMILES string of the molecule is CC(C)N(CP(=O)([O-])[O-])CP(=O)(O)O.[K+].[K+]. The van der Waals surface area contributed by atoms with Crippen LogP contribution in [-0.4, -0.2) is 33.3 Å². The van der Waals surface area contributed by atoms with Gasteiger partial charge in [0.15, 0.2) is 0 Å². The van der Waals surface area contributed by atoms with E-state index in [0.29, 0.717) is 0 Å². The average molecular weight is 323 g/mol. The van der Waals surface area contributed by atoms with Gasteiger partial charge >= 0.3 is 110 Å². The number of hydrogen-bond donors (Lipinski definition) is 2. The van der Waals surface area contributed by atoms with Crippen molar-refractivity contribution in [3.8, 4) is 0 Å². The molecule has 11 heteroatoms. The molecule has 0 aromatic carbocycles. The van der Waals surface area contributed by atoms with E-state index in [9.17, 15) is 18.9 Å². The largest absolute Gasteiger partial charge is 1.00 e. The molecule has 0 fully saturated rings. The summed E-state index contributed by atoms with van der Waals surface area (Å²) < 4.78 is 21.0. The van der Waals surface area contributed by atoms with Crippen molar-refractivity contribution in [1.82, 2.24) is 4.90 Å². The van der Waals surface area contributed by atoms with E-state index in [0.717, 1.165) is 4.90 Å². The maximum absolute atomic E-state index is 10.6. The zero-order valence-electron chi connectivity index (χ0n) is 9.86. The van der Waals surface area contributed by atoms with E-state index >= 15 is 0 Å². The van der Waals surface area contributed by atoms with Crippen molar-refractivity contribution in [2.45, 2.75) is 19.9 Å². The molecule has 0 aromatic rings. The Morgan fingerprint density at radius 1 is 1.12 bits per heavy atom. The molecular weight excluding hydrogens is 310 g/mol. The van der Waals surface area contributed by atoms with Gasteiger partial charge in [-0.25, -0.2) is 0 Å². The van der Waals surface area contributed by atoms with Crippen LogP contribution in [0.5, 0.6) is 0 Å². The van der Waals surface area contributed by atoms with Crippen LogP contribution in [0.15, 0.2) is 0 Å². The van der Waals surface area contributed by atoms with Gasteiger partial charge in [-0.3, -0.25) is 9.46 Å². The van der Waals surface area contributed by atoms with Crippen molar-refractivity contribution in [3.05, 3.63) is 0 Å². The first-order valence-corrected chi connectivity index (χ1v) is 7.33. The van der Waals surface area contributed by atoms with Gasteiger partial charge in [-0.2, -0.15) is 0 Å². The summed E-state index contributed by atoms with van der Waals surface area (Å²) in [6, 6.07) is -0.418. The van der Waals surface area contributed by atoms with Gasteiger partial charge in [0.25, 0.3) is 0 Å². The molecule has 0 saturated carbocycles. The van der Waals surface area contributed by atoms with E-state index in [1.54, 1.807) is 13.8 Å². The molecule has 0 heterocycles. The predicted molar refractivity (Wildman–Crippen MR) is 46.4 cm³/mol. The molecule has 2 N–H and O–H groups in total. The third-order valence-electron chi connectivity index (χ3n) is 1.45. The minimum Gasteiger partial charge on any atom is -0.810 e. The van der Waals surface area contributed by atoms with Gasteiger partial charge in [-0.05, 0) is 13.8 Å². The van der Waals surface area contributed by atoms with Crippen LogP contribution >= 0.6 is 15.2 Å². The normalized spacial score (nSPS) is 12.2. The van der Waals surface area contributed by atoms with Crippen molar-refractivity contribution in [1.29, 1.82) is 0 Å². The standard InChI is InChI=1S/C5H15NO6P2.2K/c1-5(2)6(3-13(7,8)9)4-14(10,11)12;;/h5H,3-4H2,1-2H3,(H2,7,8,9)(H2,10,11,12);;/q;2*+1/p-2. The monoisotopic (exact) mass is 323 g/mol. The van der Waals surface area contributed by atoms with E-state index in [-0.39, 0.29) is 103 Å². The van der Waals surface area contributed by atoms with E-state index in [4.69, 9.17) is 9.79 Å². The Kier molecular flexibility index (Phi) is 15.8. The number of hydrogen-bond acceptors (Lipinski definition) is 5. The van der Waals surface area contributed by atoms with Crippen LogP contribution in [0.2, 0.25) is 0 Å². The summed E-state index contributed by atoms with van der Waals surface area (Å²) in [6.07, 6.45) is -1.59. The summed E-state index contributed by atoms with van der Waals surface area (Å²) in [6.45, 7) is 3.09. The fraction of sp³-hybridized carbons (Fsp3) is 1.00. The van der Waals surface area contributed by atoms with Gasteiger partial charge in [-0.1, -0.05) is 7.60 Å². The second kappa shape index (κ2) is 10.3. The summed E-state index contributed by atoms with van der Waals surface area (Å²) in [5, 5.41) is 0. The van der Waals surface area contributed by atoms with Gasteiger partial charge in [0.05, 0.1) is 0 Å². The van der Waals surface area contributed by atoms with E-state index in [1.807, 2.05) is 0 Å². The molecule has 16 heavy (non-hydrogen) atoms. The first kappa shape index (κ1) is 24.5. The van der Waals surface area contributed by atoms with Crippen molar-refractivity contribution < 1.29 is 131 Å². The Labute approximate surface area is 180 Å². The molecule has 7 nitrogen and oxygen atoms in total. The van der Waals surface area contributed by atoms with Crippen LogP contribution in [0.1, 0.15) is 13.8 Å². The van der Waals surface area contributed by atoms with Crippen molar-refractivity contribution in [3.63, 3.8) is 0 Å². The Morgan fingerprint density at radius 2 is 1.50 bits per heavy atom. The minimum atomic E-state index is -4.78. The first-order valence-electron chi connectivity index (χ1n) is 3.81. The Morgan fingerprint density at radius 3 is 1.69 bits per heavy atom. The van der Waals surface area contributed by atoms with Crippen LogP contribution < -0.4 is 113 Å².